The molecule has 1 aliphatic rings. The molecule has 2 heterocycles. The highest BCUT2D eigenvalue weighted by Crippen LogP contribution is 2.25. The second kappa shape index (κ2) is 9.04. The van der Waals surface area contributed by atoms with Gasteiger partial charge in [-0.15, -0.1) is 0 Å². The SMILES string of the molecule is CC[C@]1(C)NC(=O)N(NC(=O)CSc2nc3ccccc3n2CCc2ccccc2)C1=O. The van der Waals surface area contributed by atoms with E-state index in [-0.39, 0.29) is 5.75 Å². The highest BCUT2D eigenvalue weighted by atomic mass is 32.2. The maximum absolute atomic E-state index is 12.5. The molecule has 0 saturated carbocycles. The van der Waals surface area contributed by atoms with Gasteiger partial charge in [0.15, 0.2) is 5.16 Å². The van der Waals surface area contributed by atoms with Gasteiger partial charge in [-0.25, -0.2) is 9.78 Å². The van der Waals surface area contributed by atoms with Gasteiger partial charge in [-0.2, -0.15) is 5.01 Å². The highest BCUT2D eigenvalue weighted by molar-refractivity contribution is 7.99. The zero-order valence-corrected chi connectivity index (χ0v) is 18.8. The molecule has 0 radical (unpaired) electrons. The largest absolute Gasteiger partial charge is 0.344 e. The number of para-hydroxylation sites is 2. The molecular weight excluding hydrogens is 426 g/mol. The van der Waals surface area contributed by atoms with Gasteiger partial charge in [0.05, 0.1) is 16.8 Å². The average Bonchev–Trinajstić information content (AvgIpc) is 3.26. The molecule has 0 spiro atoms. The number of fused-ring (bicyclic) bond motifs is 1. The molecule has 3 aromatic rings. The molecule has 8 nitrogen and oxygen atoms in total. The summed E-state index contributed by atoms with van der Waals surface area (Å²) in [5, 5.41) is 4.10. The minimum Gasteiger partial charge on any atom is -0.322 e. The molecule has 4 amide bonds. The van der Waals surface area contributed by atoms with Crippen molar-refractivity contribution < 1.29 is 14.4 Å². The third-order valence-corrected chi connectivity index (χ3v) is 6.60. The molecule has 1 atom stereocenters. The molecule has 0 bridgehead atoms. The fraction of sp³-hybridized carbons (Fsp3) is 0.304. The first-order valence-corrected chi connectivity index (χ1v) is 11.5. The van der Waals surface area contributed by atoms with E-state index < -0.39 is 23.4 Å². The summed E-state index contributed by atoms with van der Waals surface area (Å²) in [6, 6.07) is 17.4. The molecule has 1 aromatic heterocycles. The Morgan fingerprint density at radius 3 is 2.56 bits per heavy atom. The molecule has 4 rings (SSSR count). The summed E-state index contributed by atoms with van der Waals surface area (Å²) < 4.78 is 2.10. The molecule has 32 heavy (non-hydrogen) atoms. The number of aromatic nitrogens is 2. The Morgan fingerprint density at radius 1 is 1.12 bits per heavy atom. The summed E-state index contributed by atoms with van der Waals surface area (Å²) in [5.74, 6) is -0.881. The maximum Gasteiger partial charge on any atom is 0.344 e. The van der Waals surface area contributed by atoms with Gasteiger partial charge >= 0.3 is 6.03 Å². The second-order valence-corrected chi connectivity index (χ2v) is 8.79. The summed E-state index contributed by atoms with van der Waals surface area (Å²) in [5.41, 5.74) is 4.50. The summed E-state index contributed by atoms with van der Waals surface area (Å²) in [7, 11) is 0. The predicted octanol–water partition coefficient (Wildman–Crippen LogP) is 3.12. The van der Waals surface area contributed by atoms with E-state index in [1.165, 1.54) is 17.3 Å². The summed E-state index contributed by atoms with van der Waals surface area (Å²) in [6.07, 6.45) is 1.27. The number of amides is 4. The van der Waals surface area contributed by atoms with Gasteiger partial charge in [-0.3, -0.25) is 15.0 Å². The number of hydrogen-bond donors (Lipinski definition) is 2. The number of nitrogens with one attached hydrogen (secondary N) is 2. The van der Waals surface area contributed by atoms with Gasteiger partial charge in [0.2, 0.25) is 5.91 Å². The van der Waals surface area contributed by atoms with Crippen LogP contribution in [0.2, 0.25) is 0 Å². The monoisotopic (exact) mass is 451 g/mol. The van der Waals surface area contributed by atoms with Crippen molar-refractivity contribution in [3.63, 3.8) is 0 Å². The van der Waals surface area contributed by atoms with Crippen molar-refractivity contribution >= 4 is 40.6 Å². The second-order valence-electron chi connectivity index (χ2n) is 7.85. The van der Waals surface area contributed by atoms with E-state index in [9.17, 15) is 14.4 Å². The summed E-state index contributed by atoms with van der Waals surface area (Å²) >= 11 is 1.28. The van der Waals surface area contributed by atoms with Crippen molar-refractivity contribution in [1.29, 1.82) is 0 Å². The Bertz CT molecular complexity index is 1160. The van der Waals surface area contributed by atoms with Crippen molar-refractivity contribution in [1.82, 2.24) is 25.3 Å². The van der Waals surface area contributed by atoms with Crippen LogP contribution >= 0.6 is 11.8 Å². The smallest absolute Gasteiger partial charge is 0.322 e. The first kappa shape index (κ1) is 21.9. The topological polar surface area (TPSA) is 96.3 Å². The van der Waals surface area contributed by atoms with Gasteiger partial charge in [0, 0.05) is 6.54 Å². The van der Waals surface area contributed by atoms with Crippen molar-refractivity contribution in [3.05, 3.63) is 60.2 Å². The zero-order chi connectivity index (χ0) is 22.7. The third-order valence-electron chi connectivity index (χ3n) is 5.62. The molecule has 2 aromatic carbocycles. The van der Waals surface area contributed by atoms with Crippen LogP contribution in [-0.2, 0) is 22.6 Å². The van der Waals surface area contributed by atoms with Crippen LogP contribution in [0.4, 0.5) is 4.79 Å². The van der Waals surface area contributed by atoms with E-state index in [1.54, 1.807) is 13.8 Å². The number of thioether (sulfide) groups is 1. The molecule has 1 saturated heterocycles. The minimum atomic E-state index is -0.997. The first-order valence-electron chi connectivity index (χ1n) is 10.5. The number of benzene rings is 2. The highest BCUT2D eigenvalue weighted by Gasteiger charge is 2.47. The molecule has 2 N–H and O–H groups in total. The van der Waals surface area contributed by atoms with Crippen LogP contribution in [0, 0.1) is 0 Å². The van der Waals surface area contributed by atoms with E-state index in [1.807, 2.05) is 42.5 Å². The van der Waals surface area contributed by atoms with E-state index in [0.29, 0.717) is 11.6 Å². The van der Waals surface area contributed by atoms with Crippen molar-refractivity contribution in [2.75, 3.05) is 5.75 Å². The summed E-state index contributed by atoms with van der Waals surface area (Å²) in [6.45, 7) is 4.17. The Balaban J connectivity index is 1.45. The number of rotatable bonds is 8. The first-order chi connectivity index (χ1) is 15.4. The Kier molecular flexibility index (Phi) is 6.18. The number of aryl methyl sites for hydroxylation is 2. The fourth-order valence-electron chi connectivity index (χ4n) is 3.58. The van der Waals surface area contributed by atoms with Gasteiger partial charge in [-0.05, 0) is 37.5 Å². The van der Waals surface area contributed by atoms with Gasteiger partial charge in [-0.1, -0.05) is 61.2 Å². The molecule has 0 aliphatic carbocycles. The number of imidazole rings is 1. The normalized spacial score (nSPS) is 18.2. The van der Waals surface area contributed by atoms with Gasteiger partial charge in [0.25, 0.3) is 5.91 Å². The minimum absolute atomic E-state index is 0.0224. The van der Waals surface area contributed by atoms with Crippen LogP contribution in [-0.4, -0.2) is 43.7 Å². The number of hydrazine groups is 1. The molecular formula is C23H25N5O3S. The quantitative estimate of drug-likeness (QED) is 0.405. The molecule has 1 aliphatic heterocycles. The third kappa shape index (κ3) is 4.34. The number of imide groups is 1. The number of carbonyl (C=O) groups is 3. The van der Waals surface area contributed by atoms with Crippen LogP contribution in [0.25, 0.3) is 11.0 Å². The van der Waals surface area contributed by atoms with Crippen molar-refractivity contribution in [2.45, 2.75) is 43.9 Å². The Morgan fingerprint density at radius 2 is 1.84 bits per heavy atom. The number of hydrogen-bond acceptors (Lipinski definition) is 5. The number of nitrogens with zero attached hydrogens (tertiary/aromatic N) is 3. The number of carbonyl (C=O) groups excluding carboxylic acids is 3. The van der Waals surface area contributed by atoms with E-state index in [2.05, 4.69) is 32.4 Å². The Hall–Kier alpha value is -3.33. The summed E-state index contributed by atoms with van der Waals surface area (Å²) in [4.78, 5) is 41.8. The predicted molar refractivity (Wildman–Crippen MR) is 123 cm³/mol. The van der Waals surface area contributed by atoms with E-state index >= 15 is 0 Å². The Labute approximate surface area is 190 Å². The van der Waals surface area contributed by atoms with Crippen molar-refractivity contribution in [2.24, 2.45) is 0 Å². The van der Waals surface area contributed by atoms with E-state index in [4.69, 9.17) is 0 Å². The lowest BCUT2D eigenvalue weighted by molar-refractivity contribution is -0.137. The lowest BCUT2D eigenvalue weighted by atomic mass is 10.00. The molecule has 9 heteroatoms. The standard InChI is InChI=1S/C23H25N5O3S/c1-3-23(2)20(30)28(21(31)25-23)26-19(29)15-32-22-24-17-11-7-8-12-18(17)27(22)14-13-16-9-5-4-6-10-16/h4-12H,3,13-15H2,1-2H3,(H,25,31)(H,26,29)/t23-/m0/s1. The van der Waals surface area contributed by atoms with Crippen molar-refractivity contribution in [3.8, 4) is 0 Å². The van der Waals surface area contributed by atoms with E-state index in [0.717, 1.165) is 29.0 Å². The molecule has 166 valence electrons. The number of urea groups is 1. The van der Waals surface area contributed by atoms with Gasteiger partial charge in [0.1, 0.15) is 5.54 Å². The maximum atomic E-state index is 12.5. The molecule has 1 fully saturated rings. The fourth-order valence-corrected chi connectivity index (χ4v) is 4.41. The van der Waals surface area contributed by atoms with Crippen LogP contribution < -0.4 is 10.7 Å². The van der Waals surface area contributed by atoms with Crippen LogP contribution in [0.15, 0.2) is 59.8 Å². The lowest BCUT2D eigenvalue weighted by Gasteiger charge is -2.19. The van der Waals surface area contributed by atoms with Crippen LogP contribution in [0.5, 0.6) is 0 Å². The van der Waals surface area contributed by atoms with Crippen LogP contribution in [0.3, 0.4) is 0 Å². The molecule has 0 unspecified atom stereocenters. The van der Waals surface area contributed by atoms with Gasteiger partial charge < -0.3 is 9.88 Å². The van der Waals surface area contributed by atoms with Crippen LogP contribution in [0.1, 0.15) is 25.8 Å². The lowest BCUT2D eigenvalue weighted by Crippen LogP contribution is -2.49. The zero-order valence-electron chi connectivity index (χ0n) is 18.0. The average molecular weight is 452 g/mol.